The van der Waals surface area contributed by atoms with Crippen LogP contribution in [0.4, 0.5) is 0 Å². The van der Waals surface area contributed by atoms with Crippen molar-refractivity contribution in [3.8, 4) is 0 Å². The molecule has 0 fully saturated rings. The molecule has 0 N–H and O–H groups in total. The summed E-state index contributed by atoms with van der Waals surface area (Å²) in [6.07, 6.45) is 7.80. The maximum atomic E-state index is 4.52. The van der Waals surface area contributed by atoms with E-state index >= 15 is 0 Å². The van der Waals surface area contributed by atoms with Gasteiger partial charge in [-0.05, 0) is 65.4 Å². The van der Waals surface area contributed by atoms with Gasteiger partial charge >= 0.3 is 0 Å². The van der Waals surface area contributed by atoms with Gasteiger partial charge in [0.05, 0.1) is 0 Å². The minimum absolute atomic E-state index is 0.584. The lowest BCUT2D eigenvalue weighted by atomic mass is 9.69. The van der Waals surface area contributed by atoms with E-state index in [1.807, 2.05) is 0 Å². The Hall–Kier alpha value is -1.04. The van der Waals surface area contributed by atoms with E-state index in [-0.39, 0.29) is 0 Å². The monoisotopic (exact) mass is 412 g/mol. The molecule has 0 heterocycles. The van der Waals surface area contributed by atoms with Gasteiger partial charge in [-0.15, -0.1) is 0 Å². The Kier molecular flexibility index (Phi) is 12.0. The first-order valence-corrected chi connectivity index (χ1v) is 12.9. The Morgan fingerprint density at radius 2 is 1.20 bits per heavy atom. The number of hydrogen-bond acceptors (Lipinski definition) is 0. The number of unbranched alkanes of at least 4 members (excludes halogenated alkanes) is 2. The van der Waals surface area contributed by atoms with Crippen LogP contribution in [-0.4, -0.2) is 0 Å². The van der Waals surface area contributed by atoms with Gasteiger partial charge in [0.25, 0.3) is 0 Å². The SMILES string of the molecule is C=C(C(C)CCCC)C(C)C(C)C(C)C(C)C(C)c1ccc(C(C)CCCC)cc1. The Bertz CT molecular complexity index is 595. The van der Waals surface area contributed by atoms with Crippen LogP contribution in [0.25, 0.3) is 0 Å². The Morgan fingerprint density at radius 1 is 0.700 bits per heavy atom. The zero-order valence-electron chi connectivity index (χ0n) is 21.8. The van der Waals surface area contributed by atoms with Crippen molar-refractivity contribution in [2.45, 2.75) is 113 Å². The summed E-state index contributed by atoms with van der Waals surface area (Å²) in [4.78, 5) is 0. The zero-order valence-corrected chi connectivity index (χ0v) is 21.8. The van der Waals surface area contributed by atoms with Gasteiger partial charge in [-0.1, -0.05) is 124 Å². The van der Waals surface area contributed by atoms with Crippen molar-refractivity contribution in [2.75, 3.05) is 0 Å². The van der Waals surface area contributed by atoms with E-state index in [0.717, 1.165) is 0 Å². The molecule has 0 nitrogen and oxygen atoms in total. The third-order valence-electron chi connectivity index (χ3n) is 8.47. The third kappa shape index (κ3) is 7.58. The highest BCUT2D eigenvalue weighted by molar-refractivity contribution is 5.27. The molecule has 0 aromatic heterocycles. The van der Waals surface area contributed by atoms with E-state index in [1.54, 1.807) is 0 Å². The Morgan fingerprint density at radius 3 is 1.73 bits per heavy atom. The molecule has 0 saturated heterocycles. The lowest BCUT2D eigenvalue weighted by Crippen LogP contribution is -2.27. The lowest BCUT2D eigenvalue weighted by Gasteiger charge is -2.36. The van der Waals surface area contributed by atoms with Gasteiger partial charge in [0.15, 0.2) is 0 Å². The molecule has 0 saturated carbocycles. The van der Waals surface area contributed by atoms with Crippen LogP contribution >= 0.6 is 0 Å². The molecule has 0 aliphatic heterocycles. The summed E-state index contributed by atoms with van der Waals surface area (Å²) in [5, 5.41) is 0. The average molecular weight is 413 g/mol. The molecular formula is C30H52. The van der Waals surface area contributed by atoms with Crippen LogP contribution < -0.4 is 0 Å². The normalized spacial score (nSPS) is 18.8. The van der Waals surface area contributed by atoms with Crippen LogP contribution in [0.1, 0.15) is 124 Å². The second-order valence-corrected chi connectivity index (χ2v) is 10.5. The first-order valence-electron chi connectivity index (χ1n) is 12.9. The van der Waals surface area contributed by atoms with Crippen molar-refractivity contribution in [1.82, 2.24) is 0 Å². The summed E-state index contributed by atoms with van der Waals surface area (Å²) >= 11 is 0. The topological polar surface area (TPSA) is 0 Å². The molecule has 0 bridgehead atoms. The summed E-state index contributed by atoms with van der Waals surface area (Å²) in [6, 6.07) is 9.55. The highest BCUT2D eigenvalue weighted by Crippen LogP contribution is 2.39. The largest absolute Gasteiger partial charge is 0.0993 e. The molecule has 0 spiro atoms. The van der Waals surface area contributed by atoms with Gasteiger partial charge in [0, 0.05) is 0 Å². The van der Waals surface area contributed by atoms with Crippen molar-refractivity contribution in [3.05, 3.63) is 47.5 Å². The van der Waals surface area contributed by atoms with Gasteiger partial charge in [-0.2, -0.15) is 0 Å². The lowest BCUT2D eigenvalue weighted by molar-refractivity contribution is 0.204. The predicted octanol–water partition coefficient (Wildman–Crippen LogP) is 10.0. The van der Waals surface area contributed by atoms with Crippen LogP contribution in [0, 0.1) is 29.6 Å². The Balaban J connectivity index is 2.76. The molecule has 0 amide bonds. The summed E-state index contributed by atoms with van der Waals surface area (Å²) in [7, 11) is 0. The van der Waals surface area contributed by atoms with Crippen molar-refractivity contribution >= 4 is 0 Å². The van der Waals surface area contributed by atoms with E-state index in [1.165, 1.54) is 55.2 Å². The molecule has 1 aromatic rings. The van der Waals surface area contributed by atoms with Crippen molar-refractivity contribution in [3.63, 3.8) is 0 Å². The van der Waals surface area contributed by atoms with Gasteiger partial charge in [-0.3, -0.25) is 0 Å². The first kappa shape index (κ1) is 27.0. The van der Waals surface area contributed by atoms with Gasteiger partial charge < -0.3 is 0 Å². The van der Waals surface area contributed by atoms with E-state index in [2.05, 4.69) is 93.2 Å². The minimum Gasteiger partial charge on any atom is -0.0993 e. The highest BCUT2D eigenvalue weighted by atomic mass is 14.3. The van der Waals surface area contributed by atoms with Crippen LogP contribution in [0.3, 0.4) is 0 Å². The molecule has 1 aromatic carbocycles. The molecule has 0 heteroatoms. The Labute approximate surface area is 190 Å². The predicted molar refractivity (Wildman–Crippen MR) is 137 cm³/mol. The van der Waals surface area contributed by atoms with Crippen molar-refractivity contribution < 1.29 is 0 Å². The number of rotatable bonds is 14. The second kappa shape index (κ2) is 13.4. The van der Waals surface area contributed by atoms with Crippen molar-refractivity contribution in [1.29, 1.82) is 0 Å². The molecule has 172 valence electrons. The summed E-state index contributed by atoms with van der Waals surface area (Å²) in [5.41, 5.74) is 4.46. The van der Waals surface area contributed by atoms with E-state index in [4.69, 9.17) is 0 Å². The maximum Gasteiger partial charge on any atom is -0.0162 e. The van der Waals surface area contributed by atoms with Gasteiger partial charge in [-0.25, -0.2) is 0 Å². The van der Waals surface area contributed by atoms with E-state index in [0.29, 0.717) is 41.4 Å². The quantitative estimate of drug-likeness (QED) is 0.267. The van der Waals surface area contributed by atoms with Crippen LogP contribution in [0.15, 0.2) is 36.4 Å². The van der Waals surface area contributed by atoms with Crippen molar-refractivity contribution in [2.24, 2.45) is 29.6 Å². The molecule has 0 radical (unpaired) electrons. The summed E-state index contributed by atoms with van der Waals surface area (Å²) in [6.45, 7) is 26.0. The fourth-order valence-electron chi connectivity index (χ4n) is 4.98. The number of hydrogen-bond donors (Lipinski definition) is 0. The molecule has 0 aliphatic rings. The van der Waals surface area contributed by atoms with Crippen LogP contribution in [0.2, 0.25) is 0 Å². The summed E-state index contributed by atoms with van der Waals surface area (Å²) < 4.78 is 0. The number of allylic oxidation sites excluding steroid dienone is 1. The second-order valence-electron chi connectivity index (χ2n) is 10.5. The molecule has 30 heavy (non-hydrogen) atoms. The third-order valence-corrected chi connectivity index (χ3v) is 8.47. The zero-order chi connectivity index (χ0) is 22.8. The van der Waals surface area contributed by atoms with Crippen LogP contribution in [-0.2, 0) is 0 Å². The first-order chi connectivity index (χ1) is 14.1. The van der Waals surface area contributed by atoms with Gasteiger partial charge in [0.2, 0.25) is 0 Å². The molecule has 7 atom stereocenters. The standard InChI is InChI=1S/C30H52/c1-11-13-15-21(3)23(5)24(6)25(7)26(8)27(9)28(10)30-19-17-29(18-20-30)22(4)16-14-12-2/h17-22,24-28H,5,11-16H2,1-4,6-10H3. The minimum atomic E-state index is 0.584. The van der Waals surface area contributed by atoms with E-state index in [9.17, 15) is 0 Å². The number of benzene rings is 1. The molecule has 1 rings (SSSR count). The molecule has 0 aliphatic carbocycles. The fourth-order valence-corrected chi connectivity index (χ4v) is 4.98. The summed E-state index contributed by atoms with van der Waals surface area (Å²) in [5.74, 6) is 4.48. The van der Waals surface area contributed by atoms with Crippen LogP contribution in [0.5, 0.6) is 0 Å². The maximum absolute atomic E-state index is 4.52. The molecule has 7 unspecified atom stereocenters. The smallest absolute Gasteiger partial charge is 0.0162 e. The average Bonchev–Trinajstić information content (AvgIpc) is 2.77. The van der Waals surface area contributed by atoms with E-state index < -0.39 is 0 Å². The molecular weight excluding hydrogens is 360 g/mol. The highest BCUT2D eigenvalue weighted by Gasteiger charge is 2.30. The van der Waals surface area contributed by atoms with Gasteiger partial charge in [0.1, 0.15) is 0 Å². The fraction of sp³-hybridized carbons (Fsp3) is 0.733.